The number of carboxylic acids is 1. The minimum absolute atomic E-state index is 0.0242. The van der Waals surface area contributed by atoms with E-state index in [1.54, 1.807) is 21.1 Å². The Labute approximate surface area is 281 Å². The highest BCUT2D eigenvalue weighted by Gasteiger charge is 2.25. The maximum atomic E-state index is 12.6. The molecular formula is C38H67NO7. The van der Waals surface area contributed by atoms with E-state index < -0.39 is 18.1 Å². The highest BCUT2D eigenvalue weighted by atomic mass is 16.6. The minimum atomic E-state index is -1.13. The SMILES string of the molecule is CCCCC/C=C/C=C/CCCCCCCCC(=O)OC(COCCC(C(=O)[O-])[N+](C)(C)C)COC(=O)CC/C=C/CCCCC. The van der Waals surface area contributed by atoms with Crippen LogP contribution < -0.4 is 5.11 Å². The maximum Gasteiger partial charge on any atom is 0.306 e. The number of carbonyl (C=O) groups excluding carboxylic acids is 3. The van der Waals surface area contributed by atoms with Gasteiger partial charge in [-0.05, 0) is 51.4 Å². The average Bonchev–Trinajstić information content (AvgIpc) is 3.00. The Bertz CT molecular complexity index is 860. The van der Waals surface area contributed by atoms with E-state index in [0.717, 1.165) is 51.4 Å². The van der Waals surface area contributed by atoms with Crippen LogP contribution in [0.25, 0.3) is 0 Å². The molecular weight excluding hydrogens is 582 g/mol. The zero-order chi connectivity index (χ0) is 34.3. The van der Waals surface area contributed by atoms with Crippen molar-refractivity contribution in [1.82, 2.24) is 0 Å². The molecule has 0 rings (SSSR count). The van der Waals surface area contributed by atoms with Gasteiger partial charge in [0.1, 0.15) is 12.6 Å². The number of likely N-dealkylation sites (N-methyl/N-ethyl adjacent to an activating group) is 1. The van der Waals surface area contributed by atoms with Crippen LogP contribution in [0.4, 0.5) is 0 Å². The summed E-state index contributed by atoms with van der Waals surface area (Å²) in [6.45, 7) is 4.48. The average molecular weight is 650 g/mol. The fourth-order valence-corrected chi connectivity index (χ4v) is 4.90. The summed E-state index contributed by atoms with van der Waals surface area (Å²) in [4.78, 5) is 36.4. The Hall–Kier alpha value is -2.45. The molecule has 0 aliphatic heterocycles. The van der Waals surface area contributed by atoms with E-state index >= 15 is 0 Å². The second-order valence-electron chi connectivity index (χ2n) is 13.1. The highest BCUT2D eigenvalue weighted by molar-refractivity contribution is 5.70. The monoisotopic (exact) mass is 649 g/mol. The van der Waals surface area contributed by atoms with Crippen LogP contribution in [0, 0.1) is 0 Å². The lowest BCUT2D eigenvalue weighted by Gasteiger charge is -2.34. The van der Waals surface area contributed by atoms with E-state index in [1.165, 1.54) is 44.9 Å². The normalized spacial score (nSPS) is 13.5. The number of quaternary nitrogens is 1. The number of nitrogens with zero attached hydrogens (tertiary/aromatic N) is 1. The van der Waals surface area contributed by atoms with Gasteiger partial charge in [-0.2, -0.15) is 0 Å². The molecule has 0 fully saturated rings. The molecule has 0 aliphatic carbocycles. The summed E-state index contributed by atoms with van der Waals surface area (Å²) in [5.41, 5.74) is 0. The van der Waals surface area contributed by atoms with E-state index in [0.29, 0.717) is 12.8 Å². The third-order valence-electron chi connectivity index (χ3n) is 7.79. The predicted molar refractivity (Wildman–Crippen MR) is 185 cm³/mol. The number of carboxylic acid groups (broad SMARTS) is 1. The number of unbranched alkanes of at least 4 members (excludes halogenated alkanes) is 12. The molecule has 0 aromatic rings. The summed E-state index contributed by atoms with van der Waals surface area (Å²) in [5.74, 6) is -1.83. The molecule has 2 unspecified atom stereocenters. The van der Waals surface area contributed by atoms with Crippen molar-refractivity contribution in [2.24, 2.45) is 0 Å². The van der Waals surface area contributed by atoms with Gasteiger partial charge in [0, 0.05) is 19.3 Å². The lowest BCUT2D eigenvalue weighted by Crippen LogP contribution is -2.55. The first-order valence-electron chi connectivity index (χ1n) is 18.0. The van der Waals surface area contributed by atoms with Crippen LogP contribution in [0.5, 0.6) is 0 Å². The standard InChI is InChI=1S/C38H67NO7/c1-6-8-10-12-14-15-16-17-18-19-20-21-23-25-27-29-37(41)46-34(32-44-31-30-35(38(42)43)39(3,4)5)33-45-36(40)28-26-24-22-13-11-9-7-2/h14-17,22,24,34-35H,6-13,18-21,23,25-33H2,1-5H3/b15-14+,17-16+,24-22+. The van der Waals surface area contributed by atoms with Gasteiger partial charge in [-0.3, -0.25) is 9.59 Å². The quantitative estimate of drug-likeness (QED) is 0.0254. The number of hydrogen-bond donors (Lipinski definition) is 0. The van der Waals surface area contributed by atoms with E-state index in [2.05, 4.69) is 44.2 Å². The first-order chi connectivity index (χ1) is 22.1. The summed E-state index contributed by atoms with van der Waals surface area (Å²) in [7, 11) is 5.37. The molecule has 266 valence electrons. The second kappa shape index (κ2) is 29.9. The Morgan fingerprint density at radius 2 is 1.20 bits per heavy atom. The fourth-order valence-electron chi connectivity index (χ4n) is 4.90. The van der Waals surface area contributed by atoms with Crippen molar-refractivity contribution in [2.45, 2.75) is 148 Å². The van der Waals surface area contributed by atoms with Crippen LogP contribution in [0.1, 0.15) is 136 Å². The minimum Gasteiger partial charge on any atom is -0.544 e. The molecule has 0 aliphatic rings. The molecule has 46 heavy (non-hydrogen) atoms. The lowest BCUT2D eigenvalue weighted by molar-refractivity contribution is -0.889. The van der Waals surface area contributed by atoms with Crippen molar-refractivity contribution in [1.29, 1.82) is 0 Å². The molecule has 0 saturated carbocycles. The fraction of sp³-hybridized carbons (Fsp3) is 0.763. The van der Waals surface area contributed by atoms with Gasteiger partial charge in [-0.15, -0.1) is 0 Å². The van der Waals surface area contributed by atoms with Crippen LogP contribution in [0.3, 0.4) is 0 Å². The molecule has 0 N–H and O–H groups in total. The smallest absolute Gasteiger partial charge is 0.306 e. The first-order valence-corrected chi connectivity index (χ1v) is 18.0. The van der Waals surface area contributed by atoms with Crippen molar-refractivity contribution in [3.05, 3.63) is 36.5 Å². The number of esters is 2. The van der Waals surface area contributed by atoms with Gasteiger partial charge in [-0.1, -0.05) is 102 Å². The molecule has 0 aromatic carbocycles. The van der Waals surface area contributed by atoms with Crippen molar-refractivity contribution < 1.29 is 38.2 Å². The number of carbonyl (C=O) groups is 3. The molecule has 0 saturated heterocycles. The van der Waals surface area contributed by atoms with Crippen LogP contribution in [0.2, 0.25) is 0 Å². The topological polar surface area (TPSA) is 102 Å². The molecule has 0 bridgehead atoms. The molecule has 0 aromatic heterocycles. The summed E-state index contributed by atoms with van der Waals surface area (Å²) >= 11 is 0. The summed E-state index contributed by atoms with van der Waals surface area (Å²) in [6.07, 6.45) is 30.5. The van der Waals surface area contributed by atoms with Crippen molar-refractivity contribution in [2.75, 3.05) is 41.0 Å². The van der Waals surface area contributed by atoms with Crippen LogP contribution in [-0.2, 0) is 28.6 Å². The van der Waals surface area contributed by atoms with Gasteiger partial charge >= 0.3 is 11.9 Å². The van der Waals surface area contributed by atoms with E-state index in [-0.39, 0.29) is 49.1 Å². The van der Waals surface area contributed by atoms with Crippen molar-refractivity contribution in [3.63, 3.8) is 0 Å². The van der Waals surface area contributed by atoms with Gasteiger partial charge in [0.25, 0.3) is 0 Å². The Morgan fingerprint density at radius 1 is 0.652 bits per heavy atom. The Morgan fingerprint density at radius 3 is 1.78 bits per heavy atom. The van der Waals surface area contributed by atoms with Gasteiger partial charge in [-0.25, -0.2) is 0 Å². The molecule has 8 nitrogen and oxygen atoms in total. The van der Waals surface area contributed by atoms with Gasteiger partial charge in [0.05, 0.1) is 40.3 Å². The number of aliphatic carboxylic acids is 1. The molecule has 0 heterocycles. The van der Waals surface area contributed by atoms with E-state index in [4.69, 9.17) is 14.2 Å². The molecule has 0 radical (unpaired) electrons. The third kappa shape index (κ3) is 27.8. The summed E-state index contributed by atoms with van der Waals surface area (Å²) in [5, 5.41) is 11.5. The maximum absolute atomic E-state index is 12.6. The predicted octanol–water partition coefficient (Wildman–Crippen LogP) is 7.40. The van der Waals surface area contributed by atoms with E-state index in [9.17, 15) is 19.5 Å². The first kappa shape index (κ1) is 43.5. The van der Waals surface area contributed by atoms with Crippen LogP contribution >= 0.6 is 0 Å². The number of rotatable bonds is 31. The second-order valence-corrected chi connectivity index (χ2v) is 13.1. The van der Waals surface area contributed by atoms with Crippen molar-refractivity contribution in [3.8, 4) is 0 Å². The number of ether oxygens (including phenoxy) is 3. The summed E-state index contributed by atoms with van der Waals surface area (Å²) < 4.78 is 16.9. The number of allylic oxidation sites excluding steroid dienone is 6. The molecule has 8 heteroatoms. The van der Waals surface area contributed by atoms with Gasteiger partial charge in [0.2, 0.25) is 0 Å². The third-order valence-corrected chi connectivity index (χ3v) is 7.79. The Kier molecular flexibility index (Phi) is 28.3. The largest absolute Gasteiger partial charge is 0.544 e. The summed E-state index contributed by atoms with van der Waals surface area (Å²) in [6, 6.07) is -0.729. The number of hydrogen-bond acceptors (Lipinski definition) is 7. The van der Waals surface area contributed by atoms with Crippen molar-refractivity contribution >= 4 is 17.9 Å². The zero-order valence-corrected chi connectivity index (χ0v) is 30.0. The molecule has 0 spiro atoms. The highest BCUT2D eigenvalue weighted by Crippen LogP contribution is 2.12. The molecule has 2 atom stereocenters. The zero-order valence-electron chi connectivity index (χ0n) is 30.0. The van der Waals surface area contributed by atoms with Gasteiger partial charge < -0.3 is 28.6 Å². The van der Waals surface area contributed by atoms with Crippen LogP contribution in [-0.4, -0.2) is 75.5 Å². The Balaban J connectivity index is 4.46. The van der Waals surface area contributed by atoms with Gasteiger partial charge in [0.15, 0.2) is 6.10 Å². The lowest BCUT2D eigenvalue weighted by atomic mass is 10.1. The van der Waals surface area contributed by atoms with Crippen LogP contribution in [0.15, 0.2) is 36.5 Å². The van der Waals surface area contributed by atoms with E-state index in [1.807, 2.05) is 6.08 Å². The molecule has 0 amide bonds.